The van der Waals surface area contributed by atoms with Gasteiger partial charge in [0.25, 0.3) is 5.91 Å². The zero-order valence-electron chi connectivity index (χ0n) is 15.8. The third-order valence-electron chi connectivity index (χ3n) is 4.81. The van der Waals surface area contributed by atoms with E-state index in [9.17, 15) is 4.79 Å². The summed E-state index contributed by atoms with van der Waals surface area (Å²) in [6.45, 7) is 8.36. The molecule has 2 aromatic rings. The first-order valence-electron chi connectivity index (χ1n) is 9.41. The van der Waals surface area contributed by atoms with Crippen molar-refractivity contribution < 1.29 is 9.53 Å². The molecular formula is C22H28N2O2. The quantitative estimate of drug-likeness (QED) is 0.773. The van der Waals surface area contributed by atoms with Crippen LogP contribution in [0.4, 0.5) is 0 Å². The fraction of sp³-hybridized carbons (Fsp3) is 0.409. The number of carbonyl (C=O) groups is 1. The van der Waals surface area contributed by atoms with E-state index in [1.165, 1.54) is 37.1 Å². The summed E-state index contributed by atoms with van der Waals surface area (Å²) in [5.74, 6) is 0.827. The lowest BCUT2D eigenvalue weighted by molar-refractivity contribution is 0.0947. The summed E-state index contributed by atoms with van der Waals surface area (Å²) in [7, 11) is 0. The minimum Gasteiger partial charge on any atom is -0.491 e. The number of amides is 1. The van der Waals surface area contributed by atoms with Gasteiger partial charge in [0.2, 0.25) is 0 Å². The average Bonchev–Trinajstić information content (AvgIpc) is 3.15. The fourth-order valence-corrected chi connectivity index (χ4v) is 3.25. The molecule has 0 radical (unpaired) electrons. The predicted molar refractivity (Wildman–Crippen MR) is 105 cm³/mol. The fourth-order valence-electron chi connectivity index (χ4n) is 3.25. The van der Waals surface area contributed by atoms with Crippen molar-refractivity contribution in [2.75, 3.05) is 26.2 Å². The number of aryl methyl sites for hydroxylation is 2. The second kappa shape index (κ2) is 8.86. The third-order valence-corrected chi connectivity index (χ3v) is 4.81. The zero-order valence-corrected chi connectivity index (χ0v) is 15.8. The van der Waals surface area contributed by atoms with Crippen LogP contribution in [0.5, 0.6) is 5.75 Å². The first-order chi connectivity index (χ1) is 12.6. The maximum absolute atomic E-state index is 12.3. The zero-order chi connectivity index (χ0) is 18.4. The maximum Gasteiger partial charge on any atom is 0.251 e. The highest BCUT2D eigenvalue weighted by Crippen LogP contribution is 2.18. The Morgan fingerprint density at radius 1 is 1.08 bits per heavy atom. The van der Waals surface area contributed by atoms with E-state index >= 15 is 0 Å². The van der Waals surface area contributed by atoms with E-state index in [-0.39, 0.29) is 5.91 Å². The Kier molecular flexibility index (Phi) is 6.29. The van der Waals surface area contributed by atoms with Crippen molar-refractivity contribution in [1.29, 1.82) is 0 Å². The molecule has 0 saturated carbocycles. The van der Waals surface area contributed by atoms with Crippen molar-refractivity contribution in [3.05, 3.63) is 64.7 Å². The SMILES string of the molecule is Cc1ccc(C)c(OCCNC(=O)c2ccc(CN3CCCC3)cc2)c1. The summed E-state index contributed by atoms with van der Waals surface area (Å²) in [5.41, 5.74) is 4.24. The summed E-state index contributed by atoms with van der Waals surface area (Å²) >= 11 is 0. The van der Waals surface area contributed by atoms with Gasteiger partial charge in [-0.1, -0.05) is 24.3 Å². The van der Waals surface area contributed by atoms with E-state index in [4.69, 9.17) is 4.74 Å². The number of rotatable bonds is 7. The van der Waals surface area contributed by atoms with E-state index in [2.05, 4.69) is 28.4 Å². The Morgan fingerprint density at radius 2 is 1.81 bits per heavy atom. The molecule has 2 aromatic carbocycles. The van der Waals surface area contributed by atoms with Gasteiger partial charge in [0, 0.05) is 12.1 Å². The molecule has 1 heterocycles. The third kappa shape index (κ3) is 5.09. The molecule has 1 N–H and O–H groups in total. The molecule has 1 amide bonds. The molecule has 0 spiro atoms. The van der Waals surface area contributed by atoms with E-state index in [1.807, 2.05) is 38.1 Å². The van der Waals surface area contributed by atoms with Crippen molar-refractivity contribution in [2.24, 2.45) is 0 Å². The average molecular weight is 352 g/mol. The van der Waals surface area contributed by atoms with Crippen LogP contribution in [0.2, 0.25) is 0 Å². The second-order valence-electron chi connectivity index (χ2n) is 7.05. The molecule has 0 aliphatic carbocycles. The molecule has 26 heavy (non-hydrogen) atoms. The minimum atomic E-state index is -0.0534. The number of hydrogen-bond donors (Lipinski definition) is 1. The standard InChI is InChI=1S/C22H28N2O2/c1-17-5-6-18(2)21(15-17)26-14-11-23-22(25)20-9-7-19(8-10-20)16-24-12-3-4-13-24/h5-10,15H,3-4,11-14,16H2,1-2H3,(H,23,25). The van der Waals surface area contributed by atoms with Crippen LogP contribution in [0, 0.1) is 13.8 Å². The van der Waals surface area contributed by atoms with Crippen LogP contribution < -0.4 is 10.1 Å². The number of nitrogens with one attached hydrogen (secondary N) is 1. The predicted octanol–water partition coefficient (Wildman–Crippen LogP) is 3.71. The minimum absolute atomic E-state index is 0.0534. The van der Waals surface area contributed by atoms with Crippen LogP contribution in [0.3, 0.4) is 0 Å². The Labute approximate surface area is 156 Å². The summed E-state index contributed by atoms with van der Waals surface area (Å²) in [6, 6.07) is 14.1. The van der Waals surface area contributed by atoms with E-state index in [0.29, 0.717) is 18.7 Å². The molecule has 1 aliphatic rings. The highest BCUT2D eigenvalue weighted by molar-refractivity contribution is 5.94. The molecule has 1 aliphatic heterocycles. The van der Waals surface area contributed by atoms with E-state index < -0.39 is 0 Å². The van der Waals surface area contributed by atoms with Crippen LogP contribution in [-0.4, -0.2) is 37.0 Å². The van der Waals surface area contributed by atoms with E-state index in [1.54, 1.807) is 0 Å². The van der Waals surface area contributed by atoms with Crippen LogP contribution >= 0.6 is 0 Å². The van der Waals surface area contributed by atoms with Gasteiger partial charge < -0.3 is 10.1 Å². The number of nitrogens with zero attached hydrogens (tertiary/aromatic N) is 1. The number of benzene rings is 2. The van der Waals surface area contributed by atoms with Crippen molar-refractivity contribution in [3.8, 4) is 5.75 Å². The van der Waals surface area contributed by atoms with Gasteiger partial charge in [0.05, 0.1) is 6.54 Å². The van der Waals surface area contributed by atoms with Crippen LogP contribution in [0.15, 0.2) is 42.5 Å². The Balaban J connectivity index is 1.43. The highest BCUT2D eigenvalue weighted by atomic mass is 16.5. The highest BCUT2D eigenvalue weighted by Gasteiger charge is 2.12. The number of carbonyl (C=O) groups excluding carboxylic acids is 1. The molecule has 4 nitrogen and oxygen atoms in total. The molecule has 3 rings (SSSR count). The molecule has 0 unspecified atom stereocenters. The summed E-state index contributed by atoms with van der Waals surface area (Å²) < 4.78 is 5.78. The topological polar surface area (TPSA) is 41.6 Å². The molecule has 0 bridgehead atoms. The van der Waals surface area contributed by atoms with Crippen molar-refractivity contribution in [1.82, 2.24) is 10.2 Å². The monoisotopic (exact) mass is 352 g/mol. The van der Waals surface area contributed by atoms with Crippen molar-refractivity contribution >= 4 is 5.91 Å². The van der Waals surface area contributed by atoms with Gasteiger partial charge in [0.15, 0.2) is 0 Å². The molecule has 4 heteroatoms. The Hall–Kier alpha value is -2.33. The van der Waals surface area contributed by atoms with Gasteiger partial charge in [0.1, 0.15) is 12.4 Å². The smallest absolute Gasteiger partial charge is 0.251 e. The van der Waals surface area contributed by atoms with Gasteiger partial charge in [-0.3, -0.25) is 9.69 Å². The molecular weight excluding hydrogens is 324 g/mol. The van der Waals surface area contributed by atoms with Gasteiger partial charge >= 0.3 is 0 Å². The largest absolute Gasteiger partial charge is 0.491 e. The lowest BCUT2D eigenvalue weighted by atomic mass is 10.1. The molecule has 0 aromatic heterocycles. The number of hydrogen-bond acceptors (Lipinski definition) is 3. The lowest BCUT2D eigenvalue weighted by Crippen LogP contribution is -2.28. The van der Waals surface area contributed by atoms with Crippen LogP contribution in [0.1, 0.15) is 39.9 Å². The molecule has 138 valence electrons. The summed E-state index contributed by atoms with van der Waals surface area (Å²) in [6.07, 6.45) is 2.59. The van der Waals surface area contributed by atoms with Crippen LogP contribution in [-0.2, 0) is 6.54 Å². The lowest BCUT2D eigenvalue weighted by Gasteiger charge is -2.14. The normalized spacial score (nSPS) is 14.4. The first kappa shape index (κ1) is 18.5. The Morgan fingerprint density at radius 3 is 2.54 bits per heavy atom. The van der Waals surface area contributed by atoms with Gasteiger partial charge in [-0.15, -0.1) is 0 Å². The van der Waals surface area contributed by atoms with Gasteiger partial charge in [-0.2, -0.15) is 0 Å². The first-order valence-corrected chi connectivity index (χ1v) is 9.41. The number of ether oxygens (including phenoxy) is 1. The number of likely N-dealkylation sites (tertiary alicyclic amines) is 1. The van der Waals surface area contributed by atoms with Crippen molar-refractivity contribution in [2.45, 2.75) is 33.2 Å². The summed E-state index contributed by atoms with van der Waals surface area (Å²) in [4.78, 5) is 14.7. The van der Waals surface area contributed by atoms with E-state index in [0.717, 1.165) is 17.9 Å². The summed E-state index contributed by atoms with van der Waals surface area (Å²) in [5, 5.41) is 2.92. The second-order valence-corrected chi connectivity index (χ2v) is 7.05. The molecule has 1 fully saturated rings. The molecule has 0 atom stereocenters. The maximum atomic E-state index is 12.3. The van der Waals surface area contributed by atoms with Gasteiger partial charge in [-0.05, 0) is 74.7 Å². The van der Waals surface area contributed by atoms with Crippen LogP contribution in [0.25, 0.3) is 0 Å². The van der Waals surface area contributed by atoms with Crippen molar-refractivity contribution in [3.63, 3.8) is 0 Å². The Bertz CT molecular complexity index is 734. The molecule has 1 saturated heterocycles. The van der Waals surface area contributed by atoms with Gasteiger partial charge in [-0.25, -0.2) is 0 Å².